The molecule has 24 nitrogen and oxygen atoms in total. The zero-order valence-electron chi connectivity index (χ0n) is 27.7. The van der Waals surface area contributed by atoms with Gasteiger partial charge in [0.15, 0.2) is 12.6 Å². The average molecular weight is 755 g/mol. The van der Waals surface area contributed by atoms with E-state index in [4.69, 9.17) is 18.9 Å². The highest BCUT2D eigenvalue weighted by Crippen LogP contribution is 2.23. The van der Waals surface area contributed by atoms with Crippen molar-refractivity contribution < 1.29 is 88.6 Å². The number of aliphatic hydroxyl groups excluding tert-OH is 8. The lowest BCUT2D eigenvalue weighted by molar-refractivity contribution is -0.299. The smallest absolute Gasteiger partial charge is 0.246 e. The molecule has 0 aromatic carbocycles. The number of ether oxygens (including phenoxy) is 4. The maximum atomic E-state index is 12.9. The summed E-state index contributed by atoms with van der Waals surface area (Å²) in [5.74, 6) is -4.84. The Bertz CT molecular complexity index is 1150. The fourth-order valence-corrected chi connectivity index (χ4v) is 5.07. The fraction of sp³-hybridized carbons (Fsp3) is 0.786. The van der Waals surface area contributed by atoms with Crippen LogP contribution in [0.15, 0.2) is 0 Å². The molecule has 3 aliphatic rings. The molecular weight excluding hydrogens is 708 g/mol. The van der Waals surface area contributed by atoms with Crippen LogP contribution < -0.4 is 31.9 Å². The number of aliphatic hydroxyl groups is 8. The molecule has 0 aromatic rings. The maximum absolute atomic E-state index is 12.9. The van der Waals surface area contributed by atoms with Crippen LogP contribution in [0.1, 0.15) is 12.8 Å². The standard InChI is InChI=1S/C28H46N6O18/c35-7-13-19(41)21(43)23(45)27(51-13)49-9-17(39)33-11-5-31-15(37)1-3-29-25(47)12(6-32-16(38)2-4-30-26(11)48)34-18(40)10-50-28-24(46)22(44)20(42)14(8-36)52-28/h11-14,19-24,27-28,35-36,41-46H,1-10H2,(H,29,47)(H,30,48)(H,31,37)(H,32,38)(H,33,39)(H,34,40)/t11-,12?,13+,14+,19+,20+,21-,22-,23+,24-,27+,28-/m0/s1. The molecule has 24 heteroatoms. The zero-order chi connectivity index (χ0) is 38.5. The molecule has 3 fully saturated rings. The summed E-state index contributed by atoms with van der Waals surface area (Å²) in [7, 11) is 0. The predicted molar refractivity (Wildman–Crippen MR) is 165 cm³/mol. The molecule has 0 spiro atoms. The highest BCUT2D eigenvalue weighted by Gasteiger charge is 2.45. The lowest BCUT2D eigenvalue weighted by Crippen LogP contribution is -2.60. The summed E-state index contributed by atoms with van der Waals surface area (Å²) in [6, 6.07) is -2.80. The van der Waals surface area contributed by atoms with E-state index in [2.05, 4.69) is 31.9 Å². The lowest BCUT2D eigenvalue weighted by Gasteiger charge is -2.39. The summed E-state index contributed by atoms with van der Waals surface area (Å²) in [4.78, 5) is 75.9. The molecule has 3 aliphatic heterocycles. The second kappa shape index (κ2) is 20.5. The summed E-state index contributed by atoms with van der Waals surface area (Å²) in [5, 5.41) is 92.5. The van der Waals surface area contributed by atoms with Crippen molar-refractivity contribution in [2.45, 2.75) is 86.3 Å². The number of carbonyl (C=O) groups excluding carboxylic acids is 6. The molecular formula is C28H46N6O18. The Balaban J connectivity index is 1.53. The minimum absolute atomic E-state index is 0.275. The van der Waals surface area contributed by atoms with Crippen LogP contribution in [0.2, 0.25) is 0 Å². The number of amides is 6. The van der Waals surface area contributed by atoms with Crippen molar-refractivity contribution in [1.29, 1.82) is 0 Å². The highest BCUT2D eigenvalue weighted by molar-refractivity contribution is 5.90. The first-order chi connectivity index (χ1) is 24.7. The molecule has 12 atom stereocenters. The summed E-state index contributed by atoms with van der Waals surface area (Å²) >= 11 is 0. The van der Waals surface area contributed by atoms with Crippen LogP contribution in [0.4, 0.5) is 0 Å². The highest BCUT2D eigenvalue weighted by atomic mass is 16.7. The van der Waals surface area contributed by atoms with Crippen molar-refractivity contribution in [3.8, 4) is 0 Å². The third kappa shape index (κ3) is 12.2. The van der Waals surface area contributed by atoms with Gasteiger partial charge in [-0.05, 0) is 0 Å². The third-order valence-electron chi connectivity index (χ3n) is 8.07. The van der Waals surface area contributed by atoms with Crippen molar-refractivity contribution in [2.24, 2.45) is 0 Å². The van der Waals surface area contributed by atoms with Crippen molar-refractivity contribution >= 4 is 35.4 Å². The van der Waals surface area contributed by atoms with Crippen LogP contribution >= 0.6 is 0 Å². The number of nitrogens with one attached hydrogen (secondary N) is 6. The van der Waals surface area contributed by atoms with Gasteiger partial charge in [0.05, 0.1) is 13.2 Å². The molecule has 0 saturated carbocycles. The Morgan fingerprint density at radius 3 is 1.31 bits per heavy atom. The summed E-state index contributed by atoms with van der Waals surface area (Å²) in [6.45, 7) is -4.58. The van der Waals surface area contributed by atoms with Crippen LogP contribution in [0.25, 0.3) is 0 Å². The van der Waals surface area contributed by atoms with Crippen molar-refractivity contribution in [3.63, 3.8) is 0 Å². The number of hydrogen-bond donors (Lipinski definition) is 14. The van der Waals surface area contributed by atoms with E-state index < -0.39 is 148 Å². The topological polar surface area (TPSA) is 373 Å². The molecule has 0 aromatic heterocycles. The molecule has 0 radical (unpaired) electrons. The molecule has 52 heavy (non-hydrogen) atoms. The van der Waals surface area contributed by atoms with E-state index in [1.54, 1.807) is 0 Å². The molecule has 6 amide bonds. The molecule has 3 heterocycles. The second-order valence-corrected chi connectivity index (χ2v) is 11.9. The second-order valence-electron chi connectivity index (χ2n) is 11.9. The minimum atomic E-state index is -1.78. The van der Waals surface area contributed by atoms with E-state index in [0.29, 0.717) is 0 Å². The van der Waals surface area contributed by atoms with Gasteiger partial charge >= 0.3 is 0 Å². The number of carbonyl (C=O) groups is 6. The van der Waals surface area contributed by atoms with Crippen LogP contribution in [0, 0.1) is 0 Å². The summed E-state index contributed by atoms with van der Waals surface area (Å²) in [6.07, 6.45) is -16.9. The Labute approximate surface area is 295 Å². The van der Waals surface area contributed by atoms with Crippen LogP contribution in [-0.4, -0.2) is 202 Å². The summed E-state index contributed by atoms with van der Waals surface area (Å²) < 4.78 is 20.6. The van der Waals surface area contributed by atoms with Crippen LogP contribution in [-0.2, 0) is 47.7 Å². The molecule has 0 aliphatic carbocycles. The van der Waals surface area contributed by atoms with Crippen LogP contribution in [0.5, 0.6) is 0 Å². The van der Waals surface area contributed by atoms with Gasteiger partial charge in [0.1, 0.15) is 74.1 Å². The quantitative estimate of drug-likeness (QED) is 0.0984. The van der Waals surface area contributed by atoms with Gasteiger partial charge in [-0.2, -0.15) is 0 Å². The van der Waals surface area contributed by atoms with E-state index in [9.17, 15) is 69.6 Å². The number of rotatable bonds is 10. The van der Waals surface area contributed by atoms with E-state index >= 15 is 0 Å². The molecule has 1 unspecified atom stereocenters. The van der Waals surface area contributed by atoms with Gasteiger partial charge in [0.25, 0.3) is 0 Å². The van der Waals surface area contributed by atoms with E-state index in [-0.39, 0.29) is 25.9 Å². The first-order valence-electron chi connectivity index (χ1n) is 16.2. The lowest BCUT2D eigenvalue weighted by atomic mass is 9.99. The molecule has 3 saturated heterocycles. The van der Waals surface area contributed by atoms with Gasteiger partial charge in [-0.15, -0.1) is 0 Å². The van der Waals surface area contributed by atoms with Gasteiger partial charge < -0.3 is 91.7 Å². The van der Waals surface area contributed by atoms with Crippen molar-refractivity contribution in [1.82, 2.24) is 31.9 Å². The van der Waals surface area contributed by atoms with E-state index in [1.807, 2.05) is 0 Å². The maximum Gasteiger partial charge on any atom is 0.246 e. The normalized spacial score (nSPS) is 35.7. The predicted octanol–water partition coefficient (Wildman–Crippen LogP) is -10.2. The van der Waals surface area contributed by atoms with Gasteiger partial charge in [-0.25, -0.2) is 0 Å². The SMILES string of the molecule is O=C1CCNC(=O)[C@@H](NC(=O)CO[C@@H]2O[C@H](CO)[C@@H](O)[C@H](O)[C@H]2O)CNC(=O)CCNC(=O)C(NC(=O)CO[C@H]2O[C@H](CO)[C@@H](O)[C@H](O)[C@@H]2O)CN1. The van der Waals surface area contributed by atoms with E-state index in [1.165, 1.54) is 0 Å². The molecule has 296 valence electrons. The average Bonchev–Trinajstić information content (AvgIpc) is 3.11. The van der Waals surface area contributed by atoms with Crippen molar-refractivity contribution in [2.75, 3.05) is 52.6 Å². The fourth-order valence-electron chi connectivity index (χ4n) is 5.07. The monoisotopic (exact) mass is 754 g/mol. The Kier molecular flexibility index (Phi) is 16.9. The Morgan fingerprint density at radius 2 is 0.962 bits per heavy atom. The molecule has 0 bridgehead atoms. The van der Waals surface area contributed by atoms with Gasteiger partial charge in [-0.3, -0.25) is 28.8 Å². The largest absolute Gasteiger partial charge is 0.394 e. The molecule has 3 rings (SSSR count). The van der Waals surface area contributed by atoms with Gasteiger partial charge in [-0.1, -0.05) is 0 Å². The van der Waals surface area contributed by atoms with Gasteiger partial charge in [0.2, 0.25) is 35.4 Å². The Hall–Kier alpha value is -3.66. The molecule has 14 N–H and O–H groups in total. The first-order valence-corrected chi connectivity index (χ1v) is 16.2. The van der Waals surface area contributed by atoms with Crippen molar-refractivity contribution in [3.05, 3.63) is 0 Å². The first kappa shape index (κ1) is 42.8. The third-order valence-corrected chi connectivity index (χ3v) is 8.07. The van der Waals surface area contributed by atoms with E-state index in [0.717, 1.165) is 0 Å². The van der Waals surface area contributed by atoms with Gasteiger partial charge in [0, 0.05) is 39.0 Å². The van der Waals surface area contributed by atoms with Crippen LogP contribution in [0.3, 0.4) is 0 Å². The number of hydrogen-bond acceptors (Lipinski definition) is 18. The minimum Gasteiger partial charge on any atom is -0.394 e. The Morgan fingerprint density at radius 1 is 0.596 bits per heavy atom. The summed E-state index contributed by atoms with van der Waals surface area (Å²) in [5.41, 5.74) is 0. The zero-order valence-corrected chi connectivity index (χ0v) is 27.7.